The van der Waals surface area contributed by atoms with Gasteiger partial charge in [0.15, 0.2) is 6.10 Å². The maximum absolute atomic E-state index is 12.6. The second kappa shape index (κ2) is 43.1. The molecule has 0 aromatic carbocycles. The number of nitrogens with two attached hydrogens (primary N) is 1. The molecule has 11 nitrogen and oxygen atoms in total. The van der Waals surface area contributed by atoms with Crippen molar-refractivity contribution in [2.24, 2.45) is 5.73 Å². The topological polar surface area (TPSA) is 172 Å². The van der Waals surface area contributed by atoms with E-state index < -0.39 is 51.1 Å². The van der Waals surface area contributed by atoms with E-state index >= 15 is 0 Å². The van der Waals surface area contributed by atoms with Gasteiger partial charge in [-0.2, -0.15) is 0 Å². The first-order valence-corrected chi connectivity index (χ1v) is 25.2. The van der Waals surface area contributed by atoms with Crippen LogP contribution in [-0.4, -0.2) is 59.9 Å². The molecule has 0 aromatic rings. The zero-order valence-electron chi connectivity index (χ0n) is 37.8. The number of carboxylic acid groups (broad SMARTS) is 1. The van der Waals surface area contributed by atoms with Gasteiger partial charge < -0.3 is 25.2 Å². The number of phosphoric ester groups is 1. The summed E-state index contributed by atoms with van der Waals surface area (Å²) in [6, 6.07) is -1.53. The number of carbonyl (C=O) groups is 3. The number of rotatable bonds is 44. The zero-order valence-corrected chi connectivity index (χ0v) is 38.7. The fraction of sp³-hybridized carbons (Fsp3) is 0.771. The summed E-state index contributed by atoms with van der Waals surface area (Å²) in [6.07, 6.45) is 49.1. The normalized spacial score (nSPS) is 14.1. The molecule has 0 radical (unpaired) electrons. The number of unbranched alkanes of at least 4 members (excludes halogenated alkanes) is 25. The van der Waals surface area contributed by atoms with Gasteiger partial charge in [0.2, 0.25) is 0 Å². The molecule has 0 spiro atoms. The third kappa shape index (κ3) is 42.1. The van der Waals surface area contributed by atoms with E-state index in [-0.39, 0.29) is 19.4 Å². The Kier molecular flexibility index (Phi) is 41.3. The van der Waals surface area contributed by atoms with Crippen molar-refractivity contribution in [1.82, 2.24) is 0 Å². The molecular formula is C48H86NO10P. The third-order valence-corrected chi connectivity index (χ3v) is 11.1. The summed E-state index contributed by atoms with van der Waals surface area (Å²) in [5, 5.41) is 8.89. The van der Waals surface area contributed by atoms with Gasteiger partial charge in [0.25, 0.3) is 0 Å². The van der Waals surface area contributed by atoms with Gasteiger partial charge in [0.1, 0.15) is 12.6 Å². The number of aliphatic carboxylic acids is 1. The summed E-state index contributed by atoms with van der Waals surface area (Å²) in [5.41, 5.74) is 5.33. The molecule has 348 valence electrons. The number of carboxylic acids is 1. The van der Waals surface area contributed by atoms with Gasteiger partial charge in [0.05, 0.1) is 13.2 Å². The molecule has 0 aliphatic rings. The van der Waals surface area contributed by atoms with Crippen molar-refractivity contribution in [2.75, 3.05) is 19.8 Å². The number of carbonyl (C=O) groups excluding carboxylic acids is 2. The molecule has 0 aliphatic heterocycles. The second-order valence-corrected chi connectivity index (χ2v) is 17.4. The highest BCUT2D eigenvalue weighted by Crippen LogP contribution is 2.43. The number of allylic oxidation sites excluding steroid dienone is 8. The SMILES string of the molecule is CC/C=C/C=C/C=C/C=C/CCCCCC(=O)OC(COC(=O)CCCCCCCCCCCCCCCCCCCCCCCCC)COP(=O)(O)OC[C@H](N)C(=O)O. The Morgan fingerprint density at radius 2 is 0.933 bits per heavy atom. The molecule has 4 N–H and O–H groups in total. The number of ether oxygens (including phenoxy) is 2. The Labute approximate surface area is 365 Å². The average molecular weight is 868 g/mol. The summed E-state index contributed by atoms with van der Waals surface area (Å²) in [5.74, 6) is -2.42. The number of phosphoric acid groups is 1. The molecule has 0 aromatic heterocycles. The summed E-state index contributed by atoms with van der Waals surface area (Å²) in [4.78, 5) is 46.0. The smallest absolute Gasteiger partial charge is 0.472 e. The first-order chi connectivity index (χ1) is 29.1. The zero-order chi connectivity index (χ0) is 44.2. The lowest BCUT2D eigenvalue weighted by molar-refractivity contribution is -0.161. The molecule has 0 fully saturated rings. The van der Waals surface area contributed by atoms with Crippen LogP contribution in [0.1, 0.15) is 206 Å². The molecule has 12 heteroatoms. The molecule has 0 amide bonds. The highest BCUT2D eigenvalue weighted by atomic mass is 31.2. The van der Waals surface area contributed by atoms with Crippen LogP contribution in [0.15, 0.2) is 48.6 Å². The van der Waals surface area contributed by atoms with Gasteiger partial charge >= 0.3 is 25.7 Å². The van der Waals surface area contributed by atoms with E-state index in [1.165, 1.54) is 122 Å². The lowest BCUT2D eigenvalue weighted by atomic mass is 10.0. The lowest BCUT2D eigenvalue weighted by Gasteiger charge is -2.20. The highest BCUT2D eigenvalue weighted by Gasteiger charge is 2.28. The quantitative estimate of drug-likeness (QED) is 0.0230. The number of esters is 2. The van der Waals surface area contributed by atoms with Crippen molar-refractivity contribution in [2.45, 2.75) is 219 Å². The van der Waals surface area contributed by atoms with E-state index in [0.29, 0.717) is 12.8 Å². The monoisotopic (exact) mass is 868 g/mol. The molecule has 0 saturated heterocycles. The van der Waals surface area contributed by atoms with E-state index in [1.807, 2.05) is 36.5 Å². The molecule has 2 unspecified atom stereocenters. The molecule has 0 heterocycles. The van der Waals surface area contributed by atoms with E-state index in [2.05, 4.69) is 30.5 Å². The summed E-state index contributed by atoms with van der Waals surface area (Å²) >= 11 is 0. The van der Waals surface area contributed by atoms with Gasteiger partial charge in [-0.05, 0) is 32.1 Å². The Bertz CT molecular complexity index is 1200. The van der Waals surface area contributed by atoms with Crippen LogP contribution in [0.25, 0.3) is 0 Å². The van der Waals surface area contributed by atoms with Crippen LogP contribution in [0.3, 0.4) is 0 Å². The number of hydrogen-bond donors (Lipinski definition) is 3. The lowest BCUT2D eigenvalue weighted by Crippen LogP contribution is -2.34. The van der Waals surface area contributed by atoms with Crippen molar-refractivity contribution in [3.63, 3.8) is 0 Å². The maximum Gasteiger partial charge on any atom is 0.472 e. The van der Waals surface area contributed by atoms with Crippen molar-refractivity contribution < 1.29 is 47.5 Å². The van der Waals surface area contributed by atoms with E-state index in [9.17, 15) is 23.8 Å². The third-order valence-electron chi connectivity index (χ3n) is 10.2. The molecule has 0 rings (SSSR count). The fourth-order valence-electron chi connectivity index (χ4n) is 6.49. The van der Waals surface area contributed by atoms with E-state index in [0.717, 1.165) is 44.9 Å². The first-order valence-electron chi connectivity index (χ1n) is 23.7. The predicted molar refractivity (Wildman–Crippen MR) is 245 cm³/mol. The van der Waals surface area contributed by atoms with E-state index in [4.69, 9.17) is 24.8 Å². The summed E-state index contributed by atoms with van der Waals surface area (Å²) < 4.78 is 32.7. The van der Waals surface area contributed by atoms with E-state index in [1.54, 1.807) is 0 Å². The highest BCUT2D eigenvalue weighted by molar-refractivity contribution is 7.47. The predicted octanol–water partition coefficient (Wildman–Crippen LogP) is 13.0. The summed E-state index contributed by atoms with van der Waals surface area (Å²) in [7, 11) is -4.73. The van der Waals surface area contributed by atoms with Crippen LogP contribution in [-0.2, 0) is 37.5 Å². The molecule has 60 heavy (non-hydrogen) atoms. The second-order valence-electron chi connectivity index (χ2n) is 16.0. The Balaban J connectivity index is 4.22. The van der Waals surface area contributed by atoms with Crippen LogP contribution in [0.2, 0.25) is 0 Å². The van der Waals surface area contributed by atoms with Gasteiger partial charge in [-0.15, -0.1) is 0 Å². The Morgan fingerprint density at radius 1 is 0.533 bits per heavy atom. The van der Waals surface area contributed by atoms with Gasteiger partial charge in [-0.3, -0.25) is 23.4 Å². The maximum atomic E-state index is 12.6. The first kappa shape index (κ1) is 57.4. The van der Waals surface area contributed by atoms with Crippen molar-refractivity contribution in [3.8, 4) is 0 Å². The van der Waals surface area contributed by atoms with Gasteiger partial charge in [0, 0.05) is 12.8 Å². The van der Waals surface area contributed by atoms with Crippen LogP contribution in [0.4, 0.5) is 0 Å². The Morgan fingerprint density at radius 3 is 1.40 bits per heavy atom. The number of hydrogen-bond acceptors (Lipinski definition) is 9. The van der Waals surface area contributed by atoms with Crippen molar-refractivity contribution >= 4 is 25.7 Å². The largest absolute Gasteiger partial charge is 0.480 e. The minimum absolute atomic E-state index is 0.115. The van der Waals surface area contributed by atoms with Crippen LogP contribution < -0.4 is 5.73 Å². The molecular weight excluding hydrogens is 781 g/mol. The van der Waals surface area contributed by atoms with Gasteiger partial charge in [-0.25, -0.2) is 4.57 Å². The standard InChI is InChI=1S/C48H86NO10P/c1-3-5-7-9-11-13-15-17-18-19-20-21-22-23-24-25-26-28-29-31-33-35-37-39-46(50)56-41-44(42-57-60(54,55)58-43-45(49)48(52)53)59-47(51)40-38-36-34-32-30-27-16-14-12-10-8-6-4-2/h6,8,10,12,14,16,27,30,44-45H,3-5,7,9,11,13,15,17-26,28-29,31-43,49H2,1-2H3,(H,52,53)(H,54,55)/b8-6+,12-10+,16-14+,30-27+/t44?,45-/m0/s1. The summed E-state index contributed by atoms with van der Waals surface area (Å²) in [6.45, 7) is 2.64. The van der Waals surface area contributed by atoms with Crippen LogP contribution >= 0.6 is 7.82 Å². The fourth-order valence-corrected chi connectivity index (χ4v) is 7.27. The minimum atomic E-state index is -4.73. The molecule has 0 aliphatic carbocycles. The van der Waals surface area contributed by atoms with Crippen molar-refractivity contribution in [1.29, 1.82) is 0 Å². The average Bonchev–Trinajstić information content (AvgIpc) is 3.22. The molecule has 0 bridgehead atoms. The van der Waals surface area contributed by atoms with Crippen LogP contribution in [0, 0.1) is 0 Å². The van der Waals surface area contributed by atoms with Crippen molar-refractivity contribution in [3.05, 3.63) is 48.6 Å². The molecule has 3 atom stereocenters. The minimum Gasteiger partial charge on any atom is -0.480 e. The van der Waals surface area contributed by atoms with Gasteiger partial charge in [-0.1, -0.05) is 210 Å². The molecule has 0 saturated carbocycles. The van der Waals surface area contributed by atoms with Crippen LogP contribution in [0.5, 0.6) is 0 Å². The Hall–Kier alpha value is -2.56.